The Bertz CT molecular complexity index is 5840. The molecule has 4 aliphatic rings. The number of aromatic nitrogens is 5. The van der Waals surface area contributed by atoms with E-state index in [4.69, 9.17) is 15.0 Å². The van der Waals surface area contributed by atoms with E-state index >= 15 is 0 Å². The normalized spacial score (nSPS) is 13.8. The second-order valence-corrected chi connectivity index (χ2v) is 27.8. The summed E-state index contributed by atoms with van der Waals surface area (Å²) >= 11 is 1.75. The van der Waals surface area contributed by atoms with Crippen LogP contribution in [0.4, 0.5) is 0 Å². The van der Waals surface area contributed by atoms with Crippen molar-refractivity contribution in [1.29, 1.82) is 0 Å². The Morgan fingerprint density at radius 2 is 0.798 bits per heavy atom. The van der Waals surface area contributed by atoms with E-state index in [1.165, 1.54) is 149 Å². The number of benzene rings is 10. The number of rotatable bonds is 6. The zero-order valence-electron chi connectivity index (χ0n) is 52.5. The van der Waals surface area contributed by atoms with E-state index in [1.54, 1.807) is 11.3 Å². The van der Waals surface area contributed by atoms with Crippen molar-refractivity contribution < 1.29 is 0 Å². The van der Waals surface area contributed by atoms with Crippen molar-refractivity contribution in [3.63, 3.8) is 0 Å². The van der Waals surface area contributed by atoms with Crippen LogP contribution in [0.25, 0.3) is 148 Å². The lowest BCUT2D eigenvalue weighted by molar-refractivity contribution is 0.660. The molecule has 20 rings (SSSR count). The fourth-order valence-corrected chi connectivity index (χ4v) is 17.5. The minimum absolute atomic E-state index is 0.0170. The van der Waals surface area contributed by atoms with Crippen LogP contribution in [0.15, 0.2) is 273 Å². The molecule has 0 radical (unpaired) electrons. The van der Waals surface area contributed by atoms with E-state index in [0.717, 1.165) is 57.1 Å². The molecule has 10 aromatic carbocycles. The standard InChI is InChI=1S/C44H31N3.C44H30N2S/c1-44(2)38-17-5-3-12-32(38)33-20-19-28(25-39(33)44)27-10-7-11-29(24-27)30-14-8-15-31-34-21-22-42(46-40(34)26-37(30)31)47-41-18-6-4-13-35(41)36-16-9-23-45-43(36)47;1-44(2)38-17-4-3-11-31(38)32-19-18-27(24-39(32)44)26-9-5-10-28(23-26)29-12-6-13-30-33-20-21-40(46-41(33)25-37(29)30)36-15-7-14-34-35-16-8-22-45-43(35)47-42(34)36/h3-25H,26H2,1-2H3;3-24H,25H2,1-2H3. The summed E-state index contributed by atoms with van der Waals surface area (Å²) in [4.78, 5) is 21.1. The first kappa shape index (κ1) is 54.5. The smallest absolute Gasteiger partial charge is 0.146 e. The maximum atomic E-state index is 5.31. The van der Waals surface area contributed by atoms with Crippen molar-refractivity contribution in [2.24, 2.45) is 0 Å². The third-order valence-corrected chi connectivity index (χ3v) is 22.1. The Morgan fingerprint density at radius 1 is 0.330 bits per heavy atom. The number of fused-ring (bicyclic) bond motifs is 18. The Labute approximate surface area is 550 Å². The topological polar surface area (TPSA) is 56.5 Å². The van der Waals surface area contributed by atoms with Crippen molar-refractivity contribution in [3.05, 3.63) is 318 Å². The molecule has 0 fully saturated rings. The highest BCUT2D eigenvalue weighted by Crippen LogP contribution is 2.53. The van der Waals surface area contributed by atoms with Gasteiger partial charge in [0, 0.05) is 79.0 Å². The van der Waals surface area contributed by atoms with Crippen LogP contribution in [-0.4, -0.2) is 24.5 Å². The summed E-state index contributed by atoms with van der Waals surface area (Å²) in [5.74, 6) is 0.909. The van der Waals surface area contributed by atoms with Gasteiger partial charge in [-0.1, -0.05) is 216 Å². The number of pyridine rings is 4. The number of hydrogen-bond donors (Lipinski definition) is 0. The fraction of sp³-hybridized carbons (Fsp3) is 0.0909. The van der Waals surface area contributed by atoms with Crippen molar-refractivity contribution in [2.45, 2.75) is 51.4 Å². The van der Waals surface area contributed by atoms with Crippen LogP contribution in [0, 0.1) is 0 Å². The van der Waals surface area contributed by atoms with Gasteiger partial charge in [-0.15, -0.1) is 11.3 Å². The third kappa shape index (κ3) is 8.25. The first-order chi connectivity index (χ1) is 46.1. The van der Waals surface area contributed by atoms with Gasteiger partial charge in [-0.3, -0.25) is 9.55 Å². The highest BCUT2D eigenvalue weighted by Gasteiger charge is 2.37. The molecule has 444 valence electrons. The number of hydrogen-bond acceptors (Lipinski definition) is 5. The van der Waals surface area contributed by atoms with E-state index in [9.17, 15) is 0 Å². The molecule has 0 atom stereocenters. The number of thiophene rings is 1. The van der Waals surface area contributed by atoms with Crippen LogP contribution in [0.3, 0.4) is 0 Å². The number of nitrogens with zero attached hydrogens (tertiary/aromatic N) is 5. The molecule has 0 amide bonds. The second-order valence-electron chi connectivity index (χ2n) is 26.8. The molecular formula is C88H61N5S. The lowest BCUT2D eigenvalue weighted by atomic mass is 9.81. The zero-order chi connectivity index (χ0) is 62.6. The molecule has 5 nitrogen and oxygen atoms in total. The van der Waals surface area contributed by atoms with Gasteiger partial charge < -0.3 is 0 Å². The van der Waals surface area contributed by atoms with Crippen LogP contribution >= 0.6 is 11.3 Å². The van der Waals surface area contributed by atoms with Gasteiger partial charge in [0.25, 0.3) is 0 Å². The average Bonchev–Trinajstić information content (AvgIpc) is 1.60. The van der Waals surface area contributed by atoms with E-state index in [1.807, 2.05) is 24.5 Å². The molecule has 94 heavy (non-hydrogen) atoms. The fourth-order valence-electron chi connectivity index (χ4n) is 16.3. The van der Waals surface area contributed by atoms with Gasteiger partial charge in [0.1, 0.15) is 16.3 Å². The quantitative estimate of drug-likeness (QED) is 0.166. The molecule has 4 aliphatic carbocycles. The maximum Gasteiger partial charge on any atom is 0.146 e. The van der Waals surface area contributed by atoms with Gasteiger partial charge in [-0.2, -0.15) is 0 Å². The predicted molar refractivity (Wildman–Crippen MR) is 390 cm³/mol. The first-order valence-electron chi connectivity index (χ1n) is 32.7. The van der Waals surface area contributed by atoms with Gasteiger partial charge in [0.2, 0.25) is 0 Å². The molecule has 0 saturated carbocycles. The maximum absolute atomic E-state index is 5.31. The van der Waals surface area contributed by atoms with Crippen molar-refractivity contribution in [1.82, 2.24) is 24.5 Å². The minimum atomic E-state index is -0.0211. The molecule has 6 aromatic heterocycles. The van der Waals surface area contributed by atoms with E-state index in [-0.39, 0.29) is 10.8 Å². The van der Waals surface area contributed by atoms with Crippen LogP contribution in [0.2, 0.25) is 0 Å². The number of para-hydroxylation sites is 1. The van der Waals surface area contributed by atoms with Gasteiger partial charge in [0.15, 0.2) is 0 Å². The molecule has 16 aromatic rings. The molecule has 0 N–H and O–H groups in total. The predicted octanol–water partition coefficient (Wildman–Crippen LogP) is 22.5. The van der Waals surface area contributed by atoms with E-state index < -0.39 is 0 Å². The molecule has 0 aliphatic heterocycles. The minimum Gasteiger partial charge on any atom is -0.278 e. The first-order valence-corrected chi connectivity index (χ1v) is 33.5. The molecule has 0 unspecified atom stereocenters. The average molecular weight is 1220 g/mol. The van der Waals surface area contributed by atoms with Crippen LogP contribution in [-0.2, 0) is 23.7 Å². The van der Waals surface area contributed by atoms with Crippen LogP contribution < -0.4 is 0 Å². The lowest BCUT2D eigenvalue weighted by Gasteiger charge is -2.22. The van der Waals surface area contributed by atoms with Crippen LogP contribution in [0.1, 0.15) is 72.5 Å². The van der Waals surface area contributed by atoms with E-state index in [0.29, 0.717) is 0 Å². The Hall–Kier alpha value is -11.2. The summed E-state index contributed by atoms with van der Waals surface area (Å²) < 4.78 is 3.45. The Balaban J connectivity index is 0.000000133. The van der Waals surface area contributed by atoms with Gasteiger partial charge in [-0.25, -0.2) is 15.0 Å². The summed E-state index contributed by atoms with van der Waals surface area (Å²) in [5, 5.41) is 4.80. The molecule has 0 saturated heterocycles. The van der Waals surface area contributed by atoms with Crippen molar-refractivity contribution in [3.8, 4) is 106 Å². The van der Waals surface area contributed by atoms with Gasteiger partial charge in [0.05, 0.1) is 22.6 Å². The van der Waals surface area contributed by atoms with Gasteiger partial charge in [-0.05, 0) is 184 Å². The van der Waals surface area contributed by atoms with Crippen LogP contribution in [0.5, 0.6) is 0 Å². The summed E-state index contributed by atoms with van der Waals surface area (Å²) in [6.07, 6.45) is 5.37. The highest BCUT2D eigenvalue weighted by atomic mass is 32.1. The summed E-state index contributed by atoms with van der Waals surface area (Å²) in [6.45, 7) is 9.39. The second kappa shape index (κ2) is 20.7. The molecule has 6 heteroatoms. The molecule has 0 bridgehead atoms. The molecular weight excluding hydrogens is 1160 g/mol. The lowest BCUT2D eigenvalue weighted by Crippen LogP contribution is -2.14. The summed E-state index contributed by atoms with van der Waals surface area (Å²) in [7, 11) is 0. The summed E-state index contributed by atoms with van der Waals surface area (Å²) in [5.41, 5.74) is 35.3. The Kier molecular flexibility index (Phi) is 12.0. The van der Waals surface area contributed by atoms with Crippen molar-refractivity contribution >= 4 is 53.6 Å². The monoisotopic (exact) mass is 1220 g/mol. The van der Waals surface area contributed by atoms with E-state index in [2.05, 4.69) is 286 Å². The summed E-state index contributed by atoms with van der Waals surface area (Å²) in [6, 6.07) is 95.6. The molecule has 6 heterocycles. The third-order valence-electron chi connectivity index (χ3n) is 20.9. The zero-order valence-corrected chi connectivity index (χ0v) is 53.4. The molecule has 0 spiro atoms. The highest BCUT2D eigenvalue weighted by molar-refractivity contribution is 7.26. The SMILES string of the molecule is CC1(C)c2ccccc2-c2ccc(-c3cccc(-c4cccc5c4Cc4nc(-c6cccc7c6sc6ncccc67)ccc4-5)c3)cc21.CC1(C)c2ccccc2-c2ccc(-c3cccc(-c4cccc5c4Cc4nc(-n6c7ccccc7c7cccnc76)ccc4-5)c3)cc21. The Morgan fingerprint density at radius 3 is 1.46 bits per heavy atom. The largest absolute Gasteiger partial charge is 0.278 e. The van der Waals surface area contributed by atoms with Gasteiger partial charge >= 0.3 is 0 Å². The van der Waals surface area contributed by atoms with Crippen molar-refractivity contribution in [2.75, 3.05) is 0 Å².